The molecule has 0 bridgehead atoms. The number of ether oxygens (including phenoxy) is 2. The van der Waals surface area contributed by atoms with Gasteiger partial charge >= 0.3 is 4.38 Å². The molecule has 0 aromatic heterocycles. The molecular weight excluding hydrogens is 488 g/mol. The Hall–Kier alpha value is -2.68. The summed E-state index contributed by atoms with van der Waals surface area (Å²) >= 11 is 0. The number of rotatable bonds is 12. The van der Waals surface area contributed by atoms with Crippen molar-refractivity contribution in [2.45, 2.75) is 76.0 Å². The van der Waals surface area contributed by atoms with Gasteiger partial charge in [0.15, 0.2) is 0 Å². The molecule has 2 aromatic carbocycles. The van der Waals surface area contributed by atoms with Gasteiger partial charge in [0.25, 0.3) is 19.7 Å². The van der Waals surface area contributed by atoms with Crippen LogP contribution in [-0.2, 0) is 19.7 Å². The first-order chi connectivity index (χ1) is 16.6. The van der Waals surface area contributed by atoms with E-state index in [0.717, 1.165) is 38.5 Å². The van der Waals surface area contributed by atoms with Gasteiger partial charge in [-0.2, -0.15) is 0 Å². The monoisotopic (exact) mass is 522 g/mol. The molecule has 10 heteroatoms. The van der Waals surface area contributed by atoms with Gasteiger partial charge in [-0.3, -0.25) is 0 Å². The molecule has 0 aliphatic carbocycles. The van der Waals surface area contributed by atoms with E-state index in [1.807, 2.05) is 0 Å². The van der Waals surface area contributed by atoms with Gasteiger partial charge in [-0.05, 0) is 74.2 Å². The third-order valence-electron chi connectivity index (χ3n) is 5.45. The topological polar surface area (TPSA) is 123 Å². The average molecular weight is 523 g/mol. The van der Waals surface area contributed by atoms with E-state index >= 15 is 0 Å². The molecule has 0 N–H and O–H groups in total. The van der Waals surface area contributed by atoms with Crippen molar-refractivity contribution in [1.82, 2.24) is 0 Å². The molecule has 0 saturated carbocycles. The van der Waals surface area contributed by atoms with Gasteiger partial charge < -0.3 is 15.0 Å². The number of benzene rings is 2. The minimum absolute atomic E-state index is 0.275. The van der Waals surface area contributed by atoms with Crippen molar-refractivity contribution >= 4 is 24.1 Å². The zero-order chi connectivity index (χ0) is 26.1. The molecule has 0 unspecified atom stereocenters. The van der Waals surface area contributed by atoms with Crippen LogP contribution < -0.4 is 9.47 Å². The van der Waals surface area contributed by atoms with Crippen LogP contribution in [0.5, 0.6) is 11.5 Å². The van der Waals surface area contributed by atoms with Gasteiger partial charge in [0.05, 0.1) is 23.0 Å². The Labute approximate surface area is 208 Å². The molecule has 0 fully saturated rings. The molecule has 2 aromatic rings. The van der Waals surface area contributed by atoms with E-state index < -0.39 is 24.1 Å². The van der Waals surface area contributed by atoms with Gasteiger partial charge in [0.2, 0.25) is 0 Å². The van der Waals surface area contributed by atoms with Gasteiger partial charge in [-0.15, -0.1) is 4.79 Å². The van der Waals surface area contributed by atoms with E-state index in [-0.39, 0.29) is 20.9 Å². The third kappa shape index (κ3) is 7.16. The summed E-state index contributed by atoms with van der Waals surface area (Å²) in [6.45, 7) is 8.21. The molecular formula is C25H34N2O6S2. The molecule has 0 saturated heterocycles. The van der Waals surface area contributed by atoms with Crippen LogP contribution in [0.15, 0.2) is 46.2 Å². The van der Waals surface area contributed by atoms with E-state index in [4.69, 9.17) is 9.47 Å². The highest BCUT2D eigenvalue weighted by Crippen LogP contribution is 2.28. The Morgan fingerprint density at radius 2 is 1.14 bits per heavy atom. The van der Waals surface area contributed by atoms with E-state index in [9.17, 15) is 22.4 Å². The predicted octanol–water partition coefficient (Wildman–Crippen LogP) is 5.27. The molecule has 0 aliphatic heterocycles. The van der Waals surface area contributed by atoms with Crippen molar-refractivity contribution in [2.24, 2.45) is 0 Å². The number of nitrogens with zero attached hydrogens (tertiary/aromatic N) is 2. The molecule has 192 valence electrons. The van der Waals surface area contributed by atoms with E-state index in [2.05, 4.69) is 18.6 Å². The lowest BCUT2D eigenvalue weighted by Crippen LogP contribution is -2.27. The number of sulfone groups is 2. The van der Waals surface area contributed by atoms with E-state index in [1.54, 1.807) is 0 Å². The van der Waals surface area contributed by atoms with Gasteiger partial charge in [0.1, 0.15) is 11.5 Å². The Morgan fingerprint density at radius 3 is 1.46 bits per heavy atom. The second kappa shape index (κ2) is 12.9. The highest BCUT2D eigenvalue weighted by atomic mass is 32.3. The van der Waals surface area contributed by atoms with E-state index in [1.165, 1.54) is 50.2 Å². The zero-order valence-electron chi connectivity index (χ0n) is 20.8. The first-order valence-electron chi connectivity index (χ1n) is 11.8. The fraction of sp³-hybridized carbons (Fsp3) is 0.480. The van der Waals surface area contributed by atoms with Crippen molar-refractivity contribution in [2.75, 3.05) is 13.2 Å². The summed E-state index contributed by atoms with van der Waals surface area (Å²) in [5.41, 5.74) is 10.1. The van der Waals surface area contributed by atoms with Crippen molar-refractivity contribution in [3.8, 4) is 11.5 Å². The number of unbranched alkanes of at least 4 members (excludes halogenated alkanes) is 4. The Balaban J connectivity index is 2.33. The maximum atomic E-state index is 13.3. The van der Waals surface area contributed by atoms with Crippen LogP contribution in [-0.4, -0.2) is 39.2 Å². The van der Waals surface area contributed by atoms with Crippen LogP contribution in [0.3, 0.4) is 0 Å². The molecule has 0 aliphatic rings. The van der Waals surface area contributed by atoms with Crippen LogP contribution >= 0.6 is 0 Å². The van der Waals surface area contributed by atoms with Crippen LogP contribution in [0.2, 0.25) is 0 Å². The second-order valence-corrected chi connectivity index (χ2v) is 12.3. The van der Waals surface area contributed by atoms with Crippen molar-refractivity contribution in [3.05, 3.63) is 53.1 Å². The number of aryl methyl sites for hydroxylation is 2. The SMILES string of the molecule is CCCCCOc1ccc(S(=O)(=O)C(=[N+]=[N-])S(=O)(=O)c2ccc(OCCCCC)cc2C)c(C)c1. The molecule has 0 radical (unpaired) electrons. The van der Waals surface area contributed by atoms with Crippen LogP contribution in [0.4, 0.5) is 0 Å². The highest BCUT2D eigenvalue weighted by Gasteiger charge is 2.45. The fourth-order valence-electron chi connectivity index (χ4n) is 3.55. The first kappa shape index (κ1) is 28.6. The van der Waals surface area contributed by atoms with Crippen molar-refractivity contribution in [3.63, 3.8) is 0 Å². The lowest BCUT2D eigenvalue weighted by Gasteiger charge is -2.11. The average Bonchev–Trinajstić information content (AvgIpc) is 2.79. The van der Waals surface area contributed by atoms with Crippen LogP contribution in [0.25, 0.3) is 5.53 Å². The highest BCUT2D eigenvalue weighted by molar-refractivity contribution is 8.31. The Bertz CT molecular complexity index is 1190. The molecule has 35 heavy (non-hydrogen) atoms. The summed E-state index contributed by atoms with van der Waals surface area (Å²) in [7, 11) is -9.31. The minimum Gasteiger partial charge on any atom is -0.494 e. The smallest absolute Gasteiger partial charge is 0.494 e. The minimum atomic E-state index is -4.66. The molecule has 0 heterocycles. The van der Waals surface area contributed by atoms with Crippen molar-refractivity contribution in [1.29, 1.82) is 0 Å². The van der Waals surface area contributed by atoms with Gasteiger partial charge in [-0.1, -0.05) is 39.5 Å². The maximum absolute atomic E-state index is 13.3. The molecule has 2 rings (SSSR count). The fourth-order valence-corrected chi connectivity index (χ4v) is 7.30. The third-order valence-corrected chi connectivity index (χ3v) is 9.92. The second-order valence-electron chi connectivity index (χ2n) is 8.34. The summed E-state index contributed by atoms with van der Waals surface area (Å²) in [5, 5.41) is 0. The lowest BCUT2D eigenvalue weighted by atomic mass is 10.2. The zero-order valence-corrected chi connectivity index (χ0v) is 22.4. The number of hydrogen-bond donors (Lipinski definition) is 0. The summed E-state index contributed by atoms with van der Waals surface area (Å²) in [4.78, 5) is 2.18. The number of hydrogen-bond acceptors (Lipinski definition) is 6. The van der Waals surface area contributed by atoms with Crippen LogP contribution in [0.1, 0.15) is 63.5 Å². The standard InChI is InChI=1S/C25H34N2O6S2/c1-5-7-9-15-32-21-11-13-23(19(3)17-21)34(28,29)25(27-26)35(30,31)24-14-12-22(18-20(24)4)33-16-10-8-6-2/h11-14,17-18H,5-10,15-16H2,1-4H3. The Morgan fingerprint density at radius 1 is 0.743 bits per heavy atom. The quantitative estimate of drug-likeness (QED) is 0.123. The summed E-state index contributed by atoms with van der Waals surface area (Å²) in [5.74, 6) is 0.960. The largest absolute Gasteiger partial charge is 0.504 e. The molecule has 0 atom stereocenters. The van der Waals surface area contributed by atoms with Crippen LogP contribution in [0, 0.1) is 13.8 Å². The molecule has 8 nitrogen and oxygen atoms in total. The predicted molar refractivity (Wildman–Crippen MR) is 135 cm³/mol. The normalized spacial score (nSPS) is 11.7. The van der Waals surface area contributed by atoms with Crippen molar-refractivity contribution < 1.29 is 31.1 Å². The molecule has 0 amide bonds. The maximum Gasteiger partial charge on any atom is 0.504 e. The van der Waals surface area contributed by atoms with E-state index in [0.29, 0.717) is 24.7 Å². The Kier molecular flexibility index (Phi) is 10.5. The summed E-state index contributed by atoms with van der Waals surface area (Å²) in [6.07, 6.45) is 5.88. The summed E-state index contributed by atoms with van der Waals surface area (Å²) in [6, 6.07) is 8.50. The first-order valence-corrected chi connectivity index (χ1v) is 14.7. The van der Waals surface area contributed by atoms with Gasteiger partial charge in [-0.25, -0.2) is 16.8 Å². The lowest BCUT2D eigenvalue weighted by molar-refractivity contribution is 0.00379. The molecule has 0 spiro atoms. The van der Waals surface area contributed by atoms with Gasteiger partial charge in [0, 0.05) is 0 Å². The summed E-state index contributed by atoms with van der Waals surface area (Å²) < 4.78 is 63.0.